The molecule has 3 heteroatoms. The van der Waals surface area contributed by atoms with Gasteiger partial charge in [-0.3, -0.25) is 0 Å². The third-order valence-corrected chi connectivity index (χ3v) is 2.30. The average Bonchev–Trinajstić information content (AvgIpc) is 2.01. The van der Waals surface area contributed by atoms with Gasteiger partial charge in [-0.2, -0.15) is 0 Å². The van der Waals surface area contributed by atoms with Gasteiger partial charge in [0.2, 0.25) is 0 Å². The Morgan fingerprint density at radius 2 is 2.31 bits per heavy atom. The summed E-state index contributed by atoms with van der Waals surface area (Å²) in [5, 5.41) is 3.38. The highest BCUT2D eigenvalue weighted by atomic mass is 16.6. The van der Waals surface area contributed by atoms with E-state index in [1.807, 2.05) is 0 Å². The summed E-state index contributed by atoms with van der Waals surface area (Å²) in [6.45, 7) is 7.88. The maximum Gasteiger partial charge on any atom is 0.104 e. The van der Waals surface area contributed by atoms with Crippen molar-refractivity contribution in [3.05, 3.63) is 0 Å². The van der Waals surface area contributed by atoms with E-state index in [-0.39, 0.29) is 0 Å². The lowest BCUT2D eigenvalue weighted by Crippen LogP contribution is -2.36. The van der Waals surface area contributed by atoms with E-state index in [1.54, 1.807) is 0 Å². The van der Waals surface area contributed by atoms with E-state index in [1.165, 1.54) is 6.42 Å². The van der Waals surface area contributed by atoms with Crippen LogP contribution >= 0.6 is 0 Å². The summed E-state index contributed by atoms with van der Waals surface area (Å²) in [6.07, 6.45) is 2.72. The van der Waals surface area contributed by atoms with Crippen LogP contribution in [0.4, 0.5) is 0 Å². The van der Waals surface area contributed by atoms with Gasteiger partial charge >= 0.3 is 0 Å². The zero-order chi connectivity index (χ0) is 9.52. The van der Waals surface area contributed by atoms with Crippen molar-refractivity contribution < 1.29 is 9.47 Å². The monoisotopic (exact) mass is 187 g/mol. The van der Waals surface area contributed by atoms with E-state index in [9.17, 15) is 0 Å². The summed E-state index contributed by atoms with van der Waals surface area (Å²) in [5.41, 5.74) is 0. The number of nitrogens with one attached hydrogen (secondary N) is 1. The fraction of sp³-hybridized carbons (Fsp3) is 1.00. The second kappa shape index (κ2) is 6.35. The molecule has 1 aliphatic rings. The fourth-order valence-electron chi connectivity index (χ4n) is 1.40. The molecule has 1 N–H and O–H groups in total. The third-order valence-electron chi connectivity index (χ3n) is 2.30. The zero-order valence-corrected chi connectivity index (χ0v) is 8.71. The Morgan fingerprint density at radius 3 is 2.85 bits per heavy atom. The van der Waals surface area contributed by atoms with Crippen molar-refractivity contribution in [2.75, 3.05) is 26.4 Å². The first-order valence-corrected chi connectivity index (χ1v) is 5.25. The van der Waals surface area contributed by atoms with Crippen LogP contribution < -0.4 is 5.32 Å². The summed E-state index contributed by atoms with van der Waals surface area (Å²) in [7, 11) is 0. The molecule has 78 valence electrons. The molecule has 13 heavy (non-hydrogen) atoms. The van der Waals surface area contributed by atoms with Crippen LogP contribution in [0.1, 0.15) is 26.7 Å². The molecule has 1 rings (SSSR count). The van der Waals surface area contributed by atoms with Crippen LogP contribution in [0, 0.1) is 0 Å². The fourth-order valence-corrected chi connectivity index (χ4v) is 1.40. The first kappa shape index (κ1) is 11.0. The number of rotatable bonds is 7. The van der Waals surface area contributed by atoms with E-state index < -0.39 is 0 Å². The van der Waals surface area contributed by atoms with Crippen molar-refractivity contribution in [2.24, 2.45) is 0 Å². The second-order valence-corrected chi connectivity index (χ2v) is 3.63. The minimum atomic E-state index is 0.384. The van der Waals surface area contributed by atoms with Crippen molar-refractivity contribution in [2.45, 2.75) is 38.8 Å². The third kappa shape index (κ3) is 4.60. The molecule has 0 spiro atoms. The maximum atomic E-state index is 5.55. The van der Waals surface area contributed by atoms with Crippen LogP contribution in [-0.4, -0.2) is 38.5 Å². The van der Waals surface area contributed by atoms with Crippen LogP contribution in [0.15, 0.2) is 0 Å². The number of ether oxygens (including phenoxy) is 2. The molecular weight excluding hydrogens is 166 g/mol. The molecule has 1 unspecified atom stereocenters. The molecule has 0 bridgehead atoms. The predicted octanol–water partition coefficient (Wildman–Crippen LogP) is 1.18. The van der Waals surface area contributed by atoms with E-state index >= 15 is 0 Å². The van der Waals surface area contributed by atoms with Gasteiger partial charge in [0.1, 0.15) is 6.10 Å². The zero-order valence-electron chi connectivity index (χ0n) is 8.71. The summed E-state index contributed by atoms with van der Waals surface area (Å²) < 4.78 is 10.6. The molecule has 0 aromatic heterocycles. The SMILES string of the molecule is CCNC(C)CCCOC1COC1. The van der Waals surface area contributed by atoms with Crippen LogP contribution in [0.2, 0.25) is 0 Å². The smallest absolute Gasteiger partial charge is 0.104 e. The van der Waals surface area contributed by atoms with Crippen LogP contribution in [0.3, 0.4) is 0 Å². The largest absolute Gasteiger partial charge is 0.376 e. The van der Waals surface area contributed by atoms with Gasteiger partial charge in [-0.15, -0.1) is 0 Å². The summed E-state index contributed by atoms with van der Waals surface area (Å²) >= 11 is 0. The molecule has 0 aromatic carbocycles. The Morgan fingerprint density at radius 1 is 1.54 bits per heavy atom. The lowest BCUT2D eigenvalue weighted by atomic mass is 10.2. The standard InChI is InChI=1S/C10H21NO2/c1-3-11-9(2)5-4-6-13-10-7-12-8-10/h9-11H,3-8H2,1-2H3. The molecule has 1 fully saturated rings. The molecule has 1 saturated heterocycles. The molecule has 1 atom stereocenters. The topological polar surface area (TPSA) is 30.5 Å². The predicted molar refractivity (Wildman–Crippen MR) is 52.9 cm³/mol. The minimum Gasteiger partial charge on any atom is -0.376 e. The maximum absolute atomic E-state index is 5.55. The van der Waals surface area contributed by atoms with E-state index in [2.05, 4.69) is 19.2 Å². The van der Waals surface area contributed by atoms with Gasteiger partial charge in [0.05, 0.1) is 13.2 Å². The highest BCUT2D eigenvalue weighted by Crippen LogP contribution is 2.06. The molecular formula is C10H21NO2. The quantitative estimate of drug-likeness (QED) is 0.607. The van der Waals surface area contributed by atoms with Gasteiger partial charge in [0.15, 0.2) is 0 Å². The van der Waals surface area contributed by atoms with Crippen LogP contribution in [0.5, 0.6) is 0 Å². The summed E-state index contributed by atoms with van der Waals surface area (Å²) in [6, 6.07) is 0.617. The second-order valence-electron chi connectivity index (χ2n) is 3.63. The van der Waals surface area contributed by atoms with Crippen molar-refractivity contribution in [1.82, 2.24) is 5.32 Å². The van der Waals surface area contributed by atoms with E-state index in [0.717, 1.165) is 32.8 Å². The van der Waals surface area contributed by atoms with Gasteiger partial charge in [-0.25, -0.2) is 0 Å². The molecule has 0 radical (unpaired) electrons. The molecule has 0 aliphatic carbocycles. The van der Waals surface area contributed by atoms with Gasteiger partial charge < -0.3 is 14.8 Å². The van der Waals surface area contributed by atoms with Crippen molar-refractivity contribution >= 4 is 0 Å². The van der Waals surface area contributed by atoms with Crippen molar-refractivity contribution in [1.29, 1.82) is 0 Å². The molecule has 1 aliphatic heterocycles. The van der Waals surface area contributed by atoms with Crippen LogP contribution in [0.25, 0.3) is 0 Å². The first-order chi connectivity index (χ1) is 6.33. The Bertz CT molecular complexity index is 126. The number of hydrogen-bond donors (Lipinski definition) is 1. The van der Waals surface area contributed by atoms with Crippen molar-refractivity contribution in [3.8, 4) is 0 Å². The van der Waals surface area contributed by atoms with E-state index in [4.69, 9.17) is 9.47 Å². The number of hydrogen-bond acceptors (Lipinski definition) is 3. The van der Waals surface area contributed by atoms with Crippen molar-refractivity contribution in [3.63, 3.8) is 0 Å². The minimum absolute atomic E-state index is 0.384. The normalized spacial score (nSPS) is 19.8. The van der Waals surface area contributed by atoms with Crippen LogP contribution in [-0.2, 0) is 9.47 Å². The Labute approximate surface area is 80.8 Å². The Hall–Kier alpha value is -0.120. The molecule has 1 heterocycles. The lowest BCUT2D eigenvalue weighted by Gasteiger charge is -2.26. The van der Waals surface area contributed by atoms with Gasteiger partial charge in [0.25, 0.3) is 0 Å². The summed E-state index contributed by atoms with van der Waals surface area (Å²) in [4.78, 5) is 0. The first-order valence-electron chi connectivity index (χ1n) is 5.25. The van der Waals surface area contributed by atoms with Gasteiger partial charge in [-0.05, 0) is 26.3 Å². The highest BCUT2D eigenvalue weighted by Gasteiger charge is 2.18. The molecule has 0 saturated carbocycles. The lowest BCUT2D eigenvalue weighted by molar-refractivity contribution is -0.130. The molecule has 0 amide bonds. The highest BCUT2D eigenvalue weighted by molar-refractivity contribution is 4.64. The Balaban J connectivity index is 1.82. The summed E-state index contributed by atoms with van der Waals surface area (Å²) in [5.74, 6) is 0. The van der Waals surface area contributed by atoms with Gasteiger partial charge in [0, 0.05) is 12.6 Å². The Kier molecular flexibility index (Phi) is 5.35. The average molecular weight is 187 g/mol. The van der Waals surface area contributed by atoms with E-state index in [0.29, 0.717) is 12.1 Å². The molecule has 0 aromatic rings. The molecule has 3 nitrogen and oxygen atoms in total. The van der Waals surface area contributed by atoms with Gasteiger partial charge in [-0.1, -0.05) is 6.92 Å².